The maximum absolute atomic E-state index is 10.8. The number of likely N-dealkylation sites (N-methyl/N-ethyl adjacent to an activating group) is 1. The molecular formula is C11H21NO. The van der Waals surface area contributed by atoms with Crippen LogP contribution in [0.5, 0.6) is 0 Å². The molecule has 0 aromatic carbocycles. The van der Waals surface area contributed by atoms with Gasteiger partial charge in [-0.1, -0.05) is 40.3 Å². The van der Waals surface area contributed by atoms with Gasteiger partial charge < -0.3 is 4.90 Å². The standard InChI is InChI=1S/C7H9NO.2C2H6/c1-6-4-3-5-7(9)8(6)2;2*1-2/h3,5H,1,4H2,2H3;2*1-2H3. The fraction of sp³-hybridized carbons (Fsp3) is 0.545. The van der Waals surface area contributed by atoms with E-state index in [0.29, 0.717) is 0 Å². The summed E-state index contributed by atoms with van der Waals surface area (Å²) in [6.45, 7) is 11.7. The van der Waals surface area contributed by atoms with Crippen molar-refractivity contribution in [3.05, 3.63) is 24.4 Å². The minimum atomic E-state index is 0.0197. The van der Waals surface area contributed by atoms with Crippen molar-refractivity contribution in [1.29, 1.82) is 0 Å². The highest BCUT2D eigenvalue weighted by molar-refractivity contribution is 5.89. The SMILES string of the molecule is C=C1CC=CC(=O)N1C.CC.CC. The van der Waals surface area contributed by atoms with Crippen molar-refractivity contribution >= 4 is 5.91 Å². The number of hydrogen-bond donors (Lipinski definition) is 0. The Morgan fingerprint density at radius 3 is 2.08 bits per heavy atom. The second-order valence-corrected chi connectivity index (χ2v) is 2.07. The lowest BCUT2D eigenvalue weighted by molar-refractivity contribution is -0.123. The normalized spacial score (nSPS) is 14.1. The third-order valence-corrected chi connectivity index (χ3v) is 1.42. The van der Waals surface area contributed by atoms with Crippen molar-refractivity contribution in [3.63, 3.8) is 0 Å². The molecule has 1 rings (SSSR count). The zero-order valence-corrected chi connectivity index (χ0v) is 9.42. The molecule has 1 aliphatic rings. The van der Waals surface area contributed by atoms with Gasteiger partial charge in [-0.25, -0.2) is 0 Å². The topological polar surface area (TPSA) is 20.3 Å². The van der Waals surface area contributed by atoms with Crippen molar-refractivity contribution in [2.24, 2.45) is 0 Å². The van der Waals surface area contributed by atoms with E-state index >= 15 is 0 Å². The summed E-state index contributed by atoms with van der Waals surface area (Å²) in [7, 11) is 1.73. The highest BCUT2D eigenvalue weighted by atomic mass is 16.2. The third-order valence-electron chi connectivity index (χ3n) is 1.42. The van der Waals surface area contributed by atoms with Gasteiger partial charge in [0, 0.05) is 19.2 Å². The minimum Gasteiger partial charge on any atom is -0.316 e. The van der Waals surface area contributed by atoms with Gasteiger partial charge in [-0.15, -0.1) is 0 Å². The number of allylic oxidation sites excluding steroid dienone is 1. The van der Waals surface area contributed by atoms with Crippen LogP contribution in [0, 0.1) is 0 Å². The average Bonchev–Trinajstić information content (AvgIpc) is 2.20. The summed E-state index contributed by atoms with van der Waals surface area (Å²) in [4.78, 5) is 12.3. The summed E-state index contributed by atoms with van der Waals surface area (Å²) >= 11 is 0. The maximum Gasteiger partial charge on any atom is 0.250 e. The lowest BCUT2D eigenvalue weighted by Gasteiger charge is -2.19. The van der Waals surface area contributed by atoms with E-state index in [1.54, 1.807) is 18.0 Å². The predicted octanol–water partition coefficient (Wildman–Crippen LogP) is 2.97. The van der Waals surface area contributed by atoms with Gasteiger partial charge in [-0.05, 0) is 6.08 Å². The Kier molecular flexibility index (Phi) is 10.1. The van der Waals surface area contributed by atoms with Crippen molar-refractivity contribution in [2.45, 2.75) is 34.1 Å². The molecule has 1 heterocycles. The first-order valence-electron chi connectivity index (χ1n) is 4.84. The Morgan fingerprint density at radius 2 is 1.77 bits per heavy atom. The van der Waals surface area contributed by atoms with Crippen LogP contribution in [0.2, 0.25) is 0 Å². The highest BCUT2D eigenvalue weighted by Crippen LogP contribution is 2.10. The van der Waals surface area contributed by atoms with Crippen molar-refractivity contribution in [3.8, 4) is 0 Å². The van der Waals surface area contributed by atoms with Crippen LogP contribution in [-0.4, -0.2) is 17.9 Å². The van der Waals surface area contributed by atoms with Crippen LogP contribution in [0.25, 0.3) is 0 Å². The van der Waals surface area contributed by atoms with Crippen LogP contribution in [0.3, 0.4) is 0 Å². The van der Waals surface area contributed by atoms with Gasteiger partial charge in [-0.2, -0.15) is 0 Å². The lowest BCUT2D eigenvalue weighted by atomic mass is 10.2. The molecule has 0 saturated carbocycles. The predicted molar refractivity (Wildman–Crippen MR) is 58.4 cm³/mol. The molecule has 0 bridgehead atoms. The van der Waals surface area contributed by atoms with Crippen molar-refractivity contribution in [1.82, 2.24) is 4.90 Å². The van der Waals surface area contributed by atoms with Crippen molar-refractivity contribution < 1.29 is 4.79 Å². The van der Waals surface area contributed by atoms with E-state index in [4.69, 9.17) is 0 Å². The molecule has 0 atom stereocenters. The summed E-state index contributed by atoms with van der Waals surface area (Å²) in [5.74, 6) is 0.0197. The van der Waals surface area contributed by atoms with Crippen LogP contribution in [-0.2, 0) is 4.79 Å². The number of nitrogens with zero attached hydrogens (tertiary/aromatic N) is 1. The molecule has 0 saturated heterocycles. The van der Waals surface area contributed by atoms with Crippen LogP contribution in [0.1, 0.15) is 34.1 Å². The molecule has 0 unspecified atom stereocenters. The zero-order chi connectivity index (χ0) is 10.9. The van der Waals surface area contributed by atoms with E-state index in [1.165, 1.54) is 0 Å². The highest BCUT2D eigenvalue weighted by Gasteiger charge is 2.10. The Hall–Kier alpha value is -1.05. The molecule has 0 aromatic heterocycles. The van der Waals surface area contributed by atoms with E-state index in [9.17, 15) is 4.79 Å². The molecule has 0 aromatic rings. The fourth-order valence-electron chi connectivity index (χ4n) is 0.700. The smallest absolute Gasteiger partial charge is 0.250 e. The summed E-state index contributed by atoms with van der Waals surface area (Å²) in [5, 5.41) is 0. The first-order chi connectivity index (χ1) is 6.22. The molecule has 1 amide bonds. The summed E-state index contributed by atoms with van der Waals surface area (Å²) < 4.78 is 0. The quantitative estimate of drug-likeness (QED) is 0.565. The van der Waals surface area contributed by atoms with Gasteiger partial charge in [0.2, 0.25) is 5.91 Å². The summed E-state index contributed by atoms with van der Waals surface area (Å²) in [6.07, 6.45) is 4.18. The van der Waals surface area contributed by atoms with Gasteiger partial charge in [0.05, 0.1) is 0 Å². The molecular weight excluding hydrogens is 162 g/mol. The summed E-state index contributed by atoms with van der Waals surface area (Å²) in [5.41, 5.74) is 0.863. The number of rotatable bonds is 0. The molecule has 13 heavy (non-hydrogen) atoms. The zero-order valence-electron chi connectivity index (χ0n) is 9.42. The molecule has 2 nitrogen and oxygen atoms in total. The van der Waals surface area contributed by atoms with Crippen LogP contribution < -0.4 is 0 Å². The molecule has 76 valence electrons. The second kappa shape index (κ2) is 9.04. The first-order valence-corrected chi connectivity index (χ1v) is 4.84. The largest absolute Gasteiger partial charge is 0.316 e. The number of carbonyl (C=O) groups excluding carboxylic acids is 1. The number of hydrogen-bond acceptors (Lipinski definition) is 1. The Labute approximate surface area is 81.9 Å². The van der Waals surface area contributed by atoms with E-state index in [1.807, 2.05) is 33.8 Å². The Morgan fingerprint density at radius 1 is 1.31 bits per heavy atom. The lowest BCUT2D eigenvalue weighted by Crippen LogP contribution is -2.25. The molecule has 0 N–H and O–H groups in total. The Balaban J connectivity index is 0. The van der Waals surface area contributed by atoms with E-state index in [2.05, 4.69) is 6.58 Å². The van der Waals surface area contributed by atoms with Gasteiger partial charge in [0.1, 0.15) is 0 Å². The molecule has 1 aliphatic heterocycles. The van der Waals surface area contributed by atoms with E-state index < -0.39 is 0 Å². The van der Waals surface area contributed by atoms with E-state index in [-0.39, 0.29) is 5.91 Å². The summed E-state index contributed by atoms with van der Waals surface area (Å²) in [6, 6.07) is 0. The van der Waals surface area contributed by atoms with Gasteiger partial charge >= 0.3 is 0 Å². The molecule has 0 spiro atoms. The maximum atomic E-state index is 10.8. The molecule has 2 heteroatoms. The third kappa shape index (κ3) is 5.23. The second-order valence-electron chi connectivity index (χ2n) is 2.07. The van der Waals surface area contributed by atoms with Gasteiger partial charge in [0.25, 0.3) is 0 Å². The van der Waals surface area contributed by atoms with Crippen LogP contribution >= 0.6 is 0 Å². The van der Waals surface area contributed by atoms with Crippen LogP contribution in [0.15, 0.2) is 24.4 Å². The molecule has 0 aliphatic carbocycles. The average molecular weight is 183 g/mol. The monoisotopic (exact) mass is 183 g/mol. The molecule has 0 radical (unpaired) electrons. The number of amides is 1. The van der Waals surface area contributed by atoms with Gasteiger partial charge in [0.15, 0.2) is 0 Å². The molecule has 0 fully saturated rings. The minimum absolute atomic E-state index is 0.0197. The fourth-order valence-corrected chi connectivity index (χ4v) is 0.700. The first kappa shape index (κ1) is 14.5. The number of carbonyl (C=O) groups is 1. The van der Waals surface area contributed by atoms with Crippen LogP contribution in [0.4, 0.5) is 0 Å². The van der Waals surface area contributed by atoms with Gasteiger partial charge in [-0.3, -0.25) is 4.79 Å². The Bertz CT molecular complexity index is 183. The van der Waals surface area contributed by atoms with Crippen molar-refractivity contribution in [2.75, 3.05) is 7.05 Å². The van der Waals surface area contributed by atoms with E-state index in [0.717, 1.165) is 12.1 Å².